The molecule has 0 saturated carbocycles. The molecule has 3 saturated heterocycles. The molecule has 224 valence electrons. The Hall–Kier alpha value is -2.74. The van der Waals surface area contributed by atoms with Gasteiger partial charge in [0.15, 0.2) is 22.9 Å². The first-order chi connectivity index (χ1) is 20.1. The van der Waals surface area contributed by atoms with E-state index in [0.29, 0.717) is 22.3 Å². The van der Waals surface area contributed by atoms with Crippen molar-refractivity contribution in [2.45, 2.75) is 49.7 Å². The second-order valence-corrected chi connectivity index (χ2v) is 13.9. The van der Waals surface area contributed by atoms with Gasteiger partial charge in [0.25, 0.3) is 0 Å². The summed E-state index contributed by atoms with van der Waals surface area (Å²) in [5.74, 6) is 0.372. The Labute approximate surface area is 241 Å². The van der Waals surface area contributed by atoms with Crippen LogP contribution in [0.5, 0.6) is 0 Å². The van der Waals surface area contributed by atoms with Crippen LogP contribution in [0.3, 0.4) is 0 Å². The predicted molar refractivity (Wildman–Crippen MR) is 145 cm³/mol. The topological polar surface area (TPSA) is 252 Å². The quantitative estimate of drug-likeness (QED) is 0.218. The molecule has 19 nitrogen and oxygen atoms in total. The van der Waals surface area contributed by atoms with E-state index in [4.69, 9.17) is 50.8 Å². The van der Waals surface area contributed by atoms with E-state index in [1.54, 1.807) is 9.13 Å². The minimum absolute atomic E-state index is 0.0791. The lowest BCUT2D eigenvalue weighted by Crippen LogP contribution is -2.32. The molecule has 42 heavy (non-hydrogen) atoms. The van der Waals surface area contributed by atoms with Gasteiger partial charge >= 0.3 is 14.5 Å². The minimum Gasteiger partial charge on any atom is -0.382 e. The molecule has 6 N–H and O–H groups in total. The van der Waals surface area contributed by atoms with Crippen molar-refractivity contribution in [3.63, 3.8) is 0 Å². The van der Waals surface area contributed by atoms with Crippen molar-refractivity contribution >= 4 is 60.3 Å². The smallest absolute Gasteiger partial charge is 0.382 e. The highest BCUT2D eigenvalue weighted by Crippen LogP contribution is 2.53. The van der Waals surface area contributed by atoms with Crippen LogP contribution >= 0.6 is 14.5 Å². The Morgan fingerprint density at radius 1 is 0.762 bits per heavy atom. The first kappa shape index (κ1) is 28.1. The Kier molecular flexibility index (Phi) is 6.99. The summed E-state index contributed by atoms with van der Waals surface area (Å²) in [5.41, 5.74) is 13.3. The summed E-state index contributed by atoms with van der Waals surface area (Å²) in [6.45, 7) is -4.62. The van der Waals surface area contributed by atoms with Crippen molar-refractivity contribution < 1.29 is 41.9 Å². The van der Waals surface area contributed by atoms with Gasteiger partial charge in [-0.05, 0) is 11.8 Å². The first-order valence-electron chi connectivity index (χ1n) is 12.6. The maximum absolute atomic E-state index is 13.1. The van der Waals surface area contributed by atoms with Crippen molar-refractivity contribution in [1.82, 2.24) is 39.0 Å². The van der Waals surface area contributed by atoms with E-state index in [2.05, 4.69) is 29.9 Å². The Balaban J connectivity index is 1.12. The van der Waals surface area contributed by atoms with Crippen LogP contribution in [0.4, 0.5) is 11.6 Å². The molecule has 8 atom stereocenters. The molecule has 2 unspecified atom stereocenters. The van der Waals surface area contributed by atoms with E-state index in [9.17, 15) is 14.4 Å². The maximum Gasteiger partial charge on any atom is 0.472 e. The van der Waals surface area contributed by atoms with Gasteiger partial charge in [-0.25, -0.2) is 34.5 Å². The molecule has 7 rings (SSSR count). The maximum atomic E-state index is 13.1. The fraction of sp³-hybridized carbons (Fsp3) is 0.500. The van der Waals surface area contributed by atoms with Crippen LogP contribution in [-0.2, 0) is 43.9 Å². The number of fused-ring (bicyclic) bond motifs is 4. The number of nitrogen functional groups attached to an aromatic ring is 2. The second-order valence-electron chi connectivity index (χ2n) is 9.71. The van der Waals surface area contributed by atoms with Gasteiger partial charge in [0.2, 0.25) is 0 Å². The Morgan fingerprint density at radius 2 is 1.26 bits per heavy atom. The third-order valence-corrected chi connectivity index (χ3v) is 9.70. The van der Waals surface area contributed by atoms with E-state index in [1.807, 2.05) is 0 Å². The number of nitrogens with two attached hydrogens (primary N) is 2. The molecule has 3 fully saturated rings. The fourth-order valence-corrected chi connectivity index (χ4v) is 7.60. The number of anilines is 2. The van der Waals surface area contributed by atoms with Crippen LogP contribution in [0, 0.1) is 0 Å². The zero-order chi connectivity index (χ0) is 29.2. The molecule has 4 aromatic rings. The Morgan fingerprint density at radius 3 is 1.81 bits per heavy atom. The standard InChI is InChI=1S/C20H24N10O9P2S/c21-17-15-19(25-5-23-17)29(7-27-15)13-1-9-12(37-13)4-35-41(33,42)39-10-2-14(36-11(10)3-34-40(31,32)38-9)30-8-28-16-18(22)24-6-26-20(16)30/h5-14H,1-4H2,(H,31,32)(H,33,42)(H2,21,23,25)(H2,22,24,26)/t9-,10-,11+,12+,13+,14+,41?/m0/s1. The van der Waals surface area contributed by atoms with Crippen LogP contribution < -0.4 is 11.5 Å². The SMILES string of the molecule is Nc1ncnc2c1ncn2[C@H]1C[C@@H]2OP(=O)(O)OC[C@H]3O[C@@H](n4cnc5c(N)ncnc54)C[C@@H]3OP(O)(=S)OC[C@H]2O1. The molecular formula is C20H24N10O9P2S. The van der Waals surface area contributed by atoms with Crippen molar-refractivity contribution in [3.05, 3.63) is 25.3 Å². The van der Waals surface area contributed by atoms with Crippen LogP contribution in [-0.4, -0.2) is 86.5 Å². The van der Waals surface area contributed by atoms with E-state index < -0.39 is 58.0 Å². The van der Waals surface area contributed by atoms with Gasteiger partial charge in [-0.15, -0.1) is 0 Å². The number of hydrogen-bond acceptors (Lipinski definition) is 16. The van der Waals surface area contributed by atoms with Gasteiger partial charge in [-0.3, -0.25) is 18.2 Å². The van der Waals surface area contributed by atoms with Crippen LogP contribution in [0.1, 0.15) is 25.3 Å². The molecule has 0 aliphatic carbocycles. The third kappa shape index (κ3) is 5.18. The van der Waals surface area contributed by atoms with E-state index >= 15 is 0 Å². The number of aromatic nitrogens is 8. The lowest BCUT2D eigenvalue weighted by atomic mass is 10.2. The number of imidazole rings is 2. The highest BCUT2D eigenvalue weighted by atomic mass is 32.5. The van der Waals surface area contributed by atoms with Crippen LogP contribution in [0.2, 0.25) is 0 Å². The highest BCUT2D eigenvalue weighted by molar-refractivity contribution is 8.07. The summed E-state index contributed by atoms with van der Waals surface area (Å²) in [7, 11) is -4.65. The average Bonchev–Trinajstić information content (AvgIpc) is 3.71. The van der Waals surface area contributed by atoms with E-state index in [1.165, 1.54) is 25.3 Å². The number of phosphoric ester groups is 1. The molecule has 22 heteroatoms. The van der Waals surface area contributed by atoms with Crippen LogP contribution in [0.15, 0.2) is 25.3 Å². The third-order valence-electron chi connectivity index (χ3n) is 7.10. The lowest BCUT2D eigenvalue weighted by Gasteiger charge is -2.28. The zero-order valence-corrected chi connectivity index (χ0v) is 24.0. The molecule has 3 aliphatic rings. The summed E-state index contributed by atoms with van der Waals surface area (Å²) >= 11 is 5.30. The molecule has 3 aliphatic heterocycles. The van der Waals surface area contributed by atoms with Gasteiger partial charge in [0.1, 0.15) is 54.5 Å². The molecule has 0 amide bonds. The molecule has 7 heterocycles. The summed E-state index contributed by atoms with van der Waals surface area (Å²) in [6.07, 6.45) is 0.486. The summed E-state index contributed by atoms with van der Waals surface area (Å²) < 4.78 is 50.8. The van der Waals surface area contributed by atoms with E-state index in [-0.39, 0.29) is 31.1 Å². The number of rotatable bonds is 2. The van der Waals surface area contributed by atoms with Gasteiger partial charge in [-0.1, -0.05) is 0 Å². The fourth-order valence-electron chi connectivity index (χ4n) is 5.16. The number of ether oxygens (including phenoxy) is 2. The molecule has 0 radical (unpaired) electrons. The molecule has 0 bridgehead atoms. The number of phosphoric acid groups is 1. The van der Waals surface area contributed by atoms with Gasteiger partial charge in [-0.2, -0.15) is 0 Å². The van der Waals surface area contributed by atoms with Crippen molar-refractivity contribution in [1.29, 1.82) is 0 Å². The first-order valence-corrected chi connectivity index (χ1v) is 16.6. The van der Waals surface area contributed by atoms with Crippen LogP contribution in [0.25, 0.3) is 22.3 Å². The number of hydrogen-bond donors (Lipinski definition) is 4. The van der Waals surface area contributed by atoms with Gasteiger partial charge in [0, 0.05) is 12.8 Å². The average molecular weight is 642 g/mol. The molecule has 0 aromatic carbocycles. The normalized spacial score (nSPS) is 36.0. The van der Waals surface area contributed by atoms with Crippen molar-refractivity contribution in [2.24, 2.45) is 0 Å². The summed E-state index contributed by atoms with van der Waals surface area (Å²) in [6, 6.07) is 0. The molecular weight excluding hydrogens is 618 g/mol. The lowest BCUT2D eigenvalue weighted by molar-refractivity contribution is -0.0621. The van der Waals surface area contributed by atoms with Gasteiger partial charge in [0.05, 0.1) is 32.0 Å². The summed E-state index contributed by atoms with van der Waals surface area (Å²) in [5, 5.41) is 0. The highest BCUT2D eigenvalue weighted by Gasteiger charge is 2.47. The summed E-state index contributed by atoms with van der Waals surface area (Å²) in [4.78, 5) is 46.3. The minimum atomic E-state index is -4.65. The van der Waals surface area contributed by atoms with Gasteiger partial charge < -0.3 is 39.8 Å². The monoisotopic (exact) mass is 642 g/mol. The Bertz CT molecular complexity index is 1630. The second kappa shape index (κ2) is 10.5. The zero-order valence-electron chi connectivity index (χ0n) is 21.4. The molecule has 0 spiro atoms. The number of nitrogens with zero attached hydrogens (tertiary/aromatic N) is 8. The largest absolute Gasteiger partial charge is 0.472 e. The van der Waals surface area contributed by atoms with Crippen molar-refractivity contribution in [3.8, 4) is 0 Å². The molecule has 4 aromatic heterocycles. The predicted octanol–water partition coefficient (Wildman–Crippen LogP) is 0.540. The van der Waals surface area contributed by atoms with Crippen molar-refractivity contribution in [2.75, 3.05) is 24.7 Å². The van der Waals surface area contributed by atoms with E-state index in [0.717, 1.165) is 0 Å².